The van der Waals surface area contributed by atoms with Gasteiger partial charge in [-0.25, -0.2) is 0 Å². The smallest absolute Gasteiger partial charge is 0.145 e. The first-order chi connectivity index (χ1) is 7.49. The fourth-order valence-electron chi connectivity index (χ4n) is 2.43. The summed E-state index contributed by atoms with van der Waals surface area (Å²) < 4.78 is 7.53. The van der Waals surface area contributed by atoms with Gasteiger partial charge in [0.2, 0.25) is 0 Å². The van der Waals surface area contributed by atoms with Crippen LogP contribution in [-0.4, -0.2) is 11.7 Å². The van der Waals surface area contributed by atoms with E-state index in [1.54, 1.807) is 7.11 Å². The summed E-state index contributed by atoms with van der Waals surface area (Å²) in [5.41, 5.74) is 11.6. The third-order valence-electron chi connectivity index (χ3n) is 3.51. The lowest BCUT2D eigenvalue weighted by atomic mass is 10.0. The van der Waals surface area contributed by atoms with Gasteiger partial charge in [0.1, 0.15) is 5.75 Å². The van der Waals surface area contributed by atoms with Crippen molar-refractivity contribution >= 4 is 16.6 Å². The monoisotopic (exact) mass is 218 g/mol. The number of hydrogen-bond acceptors (Lipinski definition) is 2. The van der Waals surface area contributed by atoms with Crippen LogP contribution in [-0.2, 0) is 7.05 Å². The Balaban J connectivity index is 2.99. The van der Waals surface area contributed by atoms with Crippen molar-refractivity contribution in [1.29, 1.82) is 0 Å². The minimum absolute atomic E-state index is 0.702. The van der Waals surface area contributed by atoms with Gasteiger partial charge >= 0.3 is 0 Å². The van der Waals surface area contributed by atoms with Crippen LogP contribution in [0.2, 0.25) is 0 Å². The molecule has 3 heteroatoms. The minimum atomic E-state index is 0.702. The molecule has 1 aromatic heterocycles. The second-order valence-electron chi connectivity index (χ2n) is 4.29. The predicted molar refractivity (Wildman–Crippen MR) is 68.1 cm³/mol. The van der Waals surface area contributed by atoms with Crippen LogP contribution in [0.1, 0.15) is 16.8 Å². The molecule has 0 aliphatic heterocycles. The van der Waals surface area contributed by atoms with Crippen molar-refractivity contribution in [2.75, 3.05) is 12.8 Å². The molecule has 86 valence electrons. The number of hydrogen-bond donors (Lipinski definition) is 1. The maximum absolute atomic E-state index is 5.99. The summed E-state index contributed by atoms with van der Waals surface area (Å²) in [5, 5.41) is 1.26. The van der Waals surface area contributed by atoms with Crippen molar-refractivity contribution in [3.63, 3.8) is 0 Å². The van der Waals surface area contributed by atoms with E-state index >= 15 is 0 Å². The maximum atomic E-state index is 5.99. The van der Waals surface area contributed by atoms with Gasteiger partial charge < -0.3 is 15.0 Å². The quantitative estimate of drug-likeness (QED) is 0.747. The SMILES string of the molecule is COc1c(N)cc2c(c1C)c(C)c(C)n2C. The van der Waals surface area contributed by atoms with E-state index in [1.807, 2.05) is 6.07 Å². The lowest BCUT2D eigenvalue weighted by Crippen LogP contribution is -1.97. The second-order valence-corrected chi connectivity index (χ2v) is 4.29. The molecule has 0 bridgehead atoms. The molecule has 0 aliphatic rings. The molecule has 0 saturated heterocycles. The number of nitrogens with two attached hydrogens (primary N) is 1. The lowest BCUT2D eigenvalue weighted by molar-refractivity contribution is 0.414. The Bertz CT molecular complexity index is 567. The molecule has 2 rings (SSSR count). The summed E-state index contributed by atoms with van der Waals surface area (Å²) >= 11 is 0. The van der Waals surface area contributed by atoms with E-state index in [-0.39, 0.29) is 0 Å². The van der Waals surface area contributed by atoms with Gasteiger partial charge in [-0.15, -0.1) is 0 Å². The van der Waals surface area contributed by atoms with Crippen LogP contribution in [0.3, 0.4) is 0 Å². The van der Waals surface area contributed by atoms with Gasteiger partial charge in [0.25, 0.3) is 0 Å². The number of ether oxygens (including phenoxy) is 1. The summed E-state index contributed by atoms with van der Waals surface area (Å²) in [6.45, 7) is 6.32. The Hall–Kier alpha value is -1.64. The summed E-state index contributed by atoms with van der Waals surface area (Å²) in [5.74, 6) is 0.793. The molecular weight excluding hydrogens is 200 g/mol. The Labute approximate surface area is 95.8 Å². The van der Waals surface area contributed by atoms with Crippen molar-refractivity contribution in [2.45, 2.75) is 20.8 Å². The first kappa shape index (κ1) is 10.9. The van der Waals surface area contributed by atoms with Crippen molar-refractivity contribution in [3.05, 3.63) is 22.9 Å². The standard InChI is InChI=1S/C13H18N2O/c1-7-9(3)15(4)11-6-10(14)13(16-5)8(2)12(7)11/h6H,14H2,1-5H3. The highest BCUT2D eigenvalue weighted by molar-refractivity contribution is 5.93. The first-order valence-electron chi connectivity index (χ1n) is 5.37. The minimum Gasteiger partial charge on any atom is -0.494 e. The number of nitrogens with zero attached hydrogens (tertiary/aromatic N) is 1. The summed E-state index contributed by atoms with van der Waals surface area (Å²) in [6.07, 6.45) is 0. The van der Waals surface area contributed by atoms with E-state index in [0.29, 0.717) is 5.69 Å². The van der Waals surface area contributed by atoms with E-state index in [4.69, 9.17) is 10.5 Å². The highest BCUT2D eigenvalue weighted by atomic mass is 16.5. The molecule has 0 spiro atoms. The van der Waals surface area contributed by atoms with Crippen LogP contribution >= 0.6 is 0 Å². The summed E-state index contributed by atoms with van der Waals surface area (Å²) in [6, 6.07) is 1.99. The zero-order valence-corrected chi connectivity index (χ0v) is 10.5. The molecule has 0 aliphatic carbocycles. The molecule has 0 amide bonds. The highest BCUT2D eigenvalue weighted by Gasteiger charge is 2.15. The van der Waals surface area contributed by atoms with E-state index in [2.05, 4.69) is 32.4 Å². The Morgan fingerprint density at radius 3 is 2.38 bits per heavy atom. The van der Waals surface area contributed by atoms with Crippen molar-refractivity contribution in [1.82, 2.24) is 4.57 Å². The molecule has 2 N–H and O–H groups in total. The Morgan fingerprint density at radius 2 is 1.81 bits per heavy atom. The number of fused-ring (bicyclic) bond motifs is 1. The van der Waals surface area contributed by atoms with Gasteiger partial charge in [-0.05, 0) is 32.4 Å². The van der Waals surface area contributed by atoms with E-state index in [1.165, 1.54) is 22.2 Å². The zero-order chi connectivity index (χ0) is 12.0. The predicted octanol–water partition coefficient (Wildman–Crippen LogP) is 2.69. The molecular formula is C13H18N2O. The first-order valence-corrected chi connectivity index (χ1v) is 5.37. The zero-order valence-electron chi connectivity index (χ0n) is 10.5. The molecule has 1 aromatic carbocycles. The number of methoxy groups -OCH3 is 1. The van der Waals surface area contributed by atoms with E-state index < -0.39 is 0 Å². The number of nitrogen functional groups attached to an aromatic ring is 1. The molecule has 1 heterocycles. The molecule has 2 aromatic rings. The van der Waals surface area contributed by atoms with Gasteiger partial charge in [-0.1, -0.05) is 0 Å². The fraction of sp³-hybridized carbons (Fsp3) is 0.385. The number of anilines is 1. The summed E-state index contributed by atoms with van der Waals surface area (Å²) in [4.78, 5) is 0. The van der Waals surface area contributed by atoms with E-state index in [0.717, 1.165) is 11.3 Å². The van der Waals surface area contributed by atoms with Gasteiger partial charge in [0, 0.05) is 23.7 Å². The average molecular weight is 218 g/mol. The van der Waals surface area contributed by atoms with Crippen molar-refractivity contribution < 1.29 is 4.74 Å². The third kappa shape index (κ3) is 1.21. The molecule has 3 nitrogen and oxygen atoms in total. The normalized spacial score (nSPS) is 11.1. The maximum Gasteiger partial charge on any atom is 0.145 e. The highest BCUT2D eigenvalue weighted by Crippen LogP contribution is 2.36. The third-order valence-corrected chi connectivity index (χ3v) is 3.51. The van der Waals surface area contributed by atoms with Crippen LogP contribution in [0.5, 0.6) is 5.75 Å². The molecule has 0 saturated carbocycles. The van der Waals surface area contributed by atoms with Crippen LogP contribution in [0.15, 0.2) is 6.07 Å². The Kier molecular flexibility index (Phi) is 2.34. The molecule has 0 fully saturated rings. The van der Waals surface area contributed by atoms with Crippen LogP contribution in [0, 0.1) is 20.8 Å². The lowest BCUT2D eigenvalue weighted by Gasteiger charge is -2.10. The molecule has 16 heavy (non-hydrogen) atoms. The summed E-state index contributed by atoms with van der Waals surface area (Å²) in [7, 11) is 3.73. The molecule has 0 atom stereocenters. The number of aromatic nitrogens is 1. The van der Waals surface area contributed by atoms with Gasteiger partial charge in [0.05, 0.1) is 18.3 Å². The fourth-order valence-corrected chi connectivity index (χ4v) is 2.43. The number of rotatable bonds is 1. The number of benzene rings is 1. The van der Waals surface area contributed by atoms with Gasteiger partial charge in [0.15, 0.2) is 0 Å². The van der Waals surface area contributed by atoms with Crippen molar-refractivity contribution in [2.24, 2.45) is 7.05 Å². The molecule has 0 radical (unpaired) electrons. The second kappa shape index (κ2) is 3.44. The van der Waals surface area contributed by atoms with Crippen molar-refractivity contribution in [3.8, 4) is 5.75 Å². The van der Waals surface area contributed by atoms with Crippen LogP contribution in [0.4, 0.5) is 5.69 Å². The van der Waals surface area contributed by atoms with Crippen LogP contribution in [0.25, 0.3) is 10.9 Å². The van der Waals surface area contributed by atoms with Gasteiger partial charge in [-0.2, -0.15) is 0 Å². The topological polar surface area (TPSA) is 40.2 Å². The largest absolute Gasteiger partial charge is 0.494 e. The Morgan fingerprint density at radius 1 is 1.19 bits per heavy atom. The number of aryl methyl sites for hydroxylation is 3. The molecule has 0 unspecified atom stereocenters. The van der Waals surface area contributed by atoms with Crippen LogP contribution < -0.4 is 10.5 Å². The average Bonchev–Trinajstić information content (AvgIpc) is 2.44. The van der Waals surface area contributed by atoms with Gasteiger partial charge in [-0.3, -0.25) is 0 Å². The van der Waals surface area contributed by atoms with E-state index in [9.17, 15) is 0 Å².